The van der Waals surface area contributed by atoms with Gasteiger partial charge < -0.3 is 14.5 Å². The van der Waals surface area contributed by atoms with E-state index in [-0.39, 0.29) is 29.9 Å². The summed E-state index contributed by atoms with van der Waals surface area (Å²) in [7, 11) is 1.80. The number of ether oxygens (including phenoxy) is 1. The molecule has 23 heavy (non-hydrogen) atoms. The Balaban J connectivity index is 1.69. The molecule has 0 radical (unpaired) electrons. The summed E-state index contributed by atoms with van der Waals surface area (Å²) in [6.45, 7) is 3.82. The van der Waals surface area contributed by atoms with Crippen LogP contribution in [-0.2, 0) is 14.3 Å². The minimum absolute atomic E-state index is 0.000119. The molecule has 0 spiro atoms. The lowest BCUT2D eigenvalue weighted by Gasteiger charge is -2.39. The van der Waals surface area contributed by atoms with Crippen molar-refractivity contribution in [3.63, 3.8) is 0 Å². The van der Waals surface area contributed by atoms with Gasteiger partial charge in [0, 0.05) is 32.5 Å². The number of hydrogen-bond acceptors (Lipinski definition) is 3. The molecule has 2 aliphatic rings. The second kappa shape index (κ2) is 6.71. The fourth-order valence-corrected chi connectivity index (χ4v) is 3.40. The number of carbonyl (C=O) groups excluding carboxylic acids is 2. The molecule has 2 fully saturated rings. The van der Waals surface area contributed by atoms with Gasteiger partial charge in [-0.3, -0.25) is 9.59 Å². The first kappa shape index (κ1) is 16.0. The van der Waals surface area contributed by atoms with Gasteiger partial charge in [0.25, 0.3) is 0 Å². The number of benzene rings is 1. The lowest BCUT2D eigenvalue weighted by atomic mass is 9.94. The molecular weight excluding hydrogens is 292 g/mol. The fourth-order valence-electron chi connectivity index (χ4n) is 3.40. The van der Waals surface area contributed by atoms with Crippen molar-refractivity contribution in [2.45, 2.75) is 32.0 Å². The van der Waals surface area contributed by atoms with Crippen molar-refractivity contribution in [2.75, 3.05) is 26.7 Å². The van der Waals surface area contributed by atoms with Crippen LogP contribution in [0.25, 0.3) is 0 Å². The first-order valence-electron chi connectivity index (χ1n) is 8.27. The lowest BCUT2D eigenvalue weighted by molar-refractivity contribution is -0.153. The van der Waals surface area contributed by atoms with Gasteiger partial charge in [0.05, 0.1) is 12.6 Å². The number of nitrogens with zero attached hydrogens (tertiary/aromatic N) is 2. The summed E-state index contributed by atoms with van der Waals surface area (Å²) in [4.78, 5) is 28.3. The lowest BCUT2D eigenvalue weighted by Crippen LogP contribution is -2.50. The molecule has 3 rings (SSSR count). The molecule has 0 unspecified atom stereocenters. The third-order valence-corrected chi connectivity index (χ3v) is 4.75. The summed E-state index contributed by atoms with van der Waals surface area (Å²) in [5.74, 6) is -0.0153. The van der Waals surface area contributed by atoms with Crippen molar-refractivity contribution in [1.82, 2.24) is 9.80 Å². The third kappa shape index (κ3) is 3.55. The van der Waals surface area contributed by atoms with Crippen molar-refractivity contribution in [2.24, 2.45) is 5.92 Å². The summed E-state index contributed by atoms with van der Waals surface area (Å²) < 4.78 is 6.01. The van der Waals surface area contributed by atoms with Crippen LogP contribution in [0.15, 0.2) is 30.3 Å². The number of amides is 2. The zero-order valence-corrected chi connectivity index (χ0v) is 13.8. The maximum Gasteiger partial charge on any atom is 0.226 e. The molecule has 0 aliphatic carbocycles. The van der Waals surface area contributed by atoms with E-state index >= 15 is 0 Å². The van der Waals surface area contributed by atoms with E-state index in [1.165, 1.54) is 0 Å². The molecule has 124 valence electrons. The molecule has 2 aliphatic heterocycles. The number of likely N-dealkylation sites (tertiary alicyclic amines) is 1. The van der Waals surface area contributed by atoms with Crippen LogP contribution >= 0.6 is 0 Å². The quantitative estimate of drug-likeness (QED) is 0.836. The minimum Gasteiger partial charge on any atom is -0.367 e. The molecule has 2 saturated heterocycles. The Morgan fingerprint density at radius 2 is 1.96 bits per heavy atom. The van der Waals surface area contributed by atoms with Gasteiger partial charge in [-0.15, -0.1) is 0 Å². The molecule has 1 aromatic carbocycles. The van der Waals surface area contributed by atoms with Gasteiger partial charge in [-0.05, 0) is 18.9 Å². The summed E-state index contributed by atoms with van der Waals surface area (Å²) in [5.41, 5.74) is 1.09. The first-order chi connectivity index (χ1) is 11.0. The van der Waals surface area contributed by atoms with E-state index in [4.69, 9.17) is 4.74 Å². The van der Waals surface area contributed by atoms with Gasteiger partial charge in [-0.1, -0.05) is 30.3 Å². The maximum absolute atomic E-state index is 12.8. The van der Waals surface area contributed by atoms with Gasteiger partial charge in [-0.2, -0.15) is 0 Å². The van der Waals surface area contributed by atoms with Crippen LogP contribution in [0.3, 0.4) is 0 Å². The van der Waals surface area contributed by atoms with Crippen LogP contribution < -0.4 is 0 Å². The van der Waals surface area contributed by atoms with Crippen molar-refractivity contribution in [1.29, 1.82) is 0 Å². The molecule has 2 heterocycles. The summed E-state index contributed by atoms with van der Waals surface area (Å²) >= 11 is 0. The standard InChI is InChI=1S/C18H24N2O3/c1-13-11-20(12-16(23-13)14-6-4-3-5-7-14)18(22)15-8-9-19(2)17(21)10-15/h3-7,13,15-16H,8-12H2,1-2H3/t13-,15-,16-/m1/s1. The average molecular weight is 316 g/mol. The van der Waals surface area contributed by atoms with Gasteiger partial charge in [0.1, 0.15) is 6.10 Å². The van der Waals surface area contributed by atoms with Crippen LogP contribution in [0.4, 0.5) is 0 Å². The third-order valence-electron chi connectivity index (χ3n) is 4.75. The van der Waals surface area contributed by atoms with Crippen LogP contribution in [-0.4, -0.2) is 54.4 Å². The molecular formula is C18H24N2O3. The maximum atomic E-state index is 12.8. The summed E-state index contributed by atoms with van der Waals surface area (Å²) in [5, 5.41) is 0. The van der Waals surface area contributed by atoms with Gasteiger partial charge in [0.2, 0.25) is 11.8 Å². The highest BCUT2D eigenvalue weighted by molar-refractivity contribution is 5.87. The van der Waals surface area contributed by atoms with Crippen molar-refractivity contribution >= 4 is 11.8 Å². The van der Waals surface area contributed by atoms with E-state index in [9.17, 15) is 9.59 Å². The number of carbonyl (C=O) groups is 2. The van der Waals surface area contributed by atoms with Gasteiger partial charge >= 0.3 is 0 Å². The highest BCUT2D eigenvalue weighted by Crippen LogP contribution is 2.28. The topological polar surface area (TPSA) is 49.9 Å². The van der Waals surface area contributed by atoms with Crippen molar-refractivity contribution in [3.8, 4) is 0 Å². The second-order valence-electron chi connectivity index (χ2n) is 6.59. The van der Waals surface area contributed by atoms with Gasteiger partial charge in [-0.25, -0.2) is 0 Å². The van der Waals surface area contributed by atoms with E-state index < -0.39 is 0 Å². The van der Waals surface area contributed by atoms with Crippen LogP contribution in [0.2, 0.25) is 0 Å². The molecule has 2 amide bonds. The Morgan fingerprint density at radius 1 is 1.22 bits per heavy atom. The Bertz CT molecular complexity index is 575. The number of rotatable bonds is 2. The van der Waals surface area contributed by atoms with E-state index in [2.05, 4.69) is 0 Å². The number of piperidine rings is 1. The van der Waals surface area contributed by atoms with Crippen LogP contribution in [0, 0.1) is 5.92 Å². The van der Waals surface area contributed by atoms with E-state index in [1.54, 1.807) is 11.9 Å². The summed E-state index contributed by atoms with van der Waals surface area (Å²) in [6.07, 6.45) is 0.991. The molecule has 5 nitrogen and oxygen atoms in total. The SMILES string of the molecule is C[C@@H]1CN(C(=O)[C@@H]2CCN(C)C(=O)C2)C[C@H](c2ccccc2)O1. The van der Waals surface area contributed by atoms with E-state index in [0.717, 1.165) is 12.0 Å². The van der Waals surface area contributed by atoms with E-state index in [0.29, 0.717) is 26.1 Å². The Morgan fingerprint density at radius 3 is 2.65 bits per heavy atom. The first-order valence-corrected chi connectivity index (χ1v) is 8.27. The largest absolute Gasteiger partial charge is 0.367 e. The molecule has 0 saturated carbocycles. The highest BCUT2D eigenvalue weighted by atomic mass is 16.5. The monoisotopic (exact) mass is 316 g/mol. The molecule has 1 aromatic rings. The molecule has 3 atom stereocenters. The highest BCUT2D eigenvalue weighted by Gasteiger charge is 2.35. The van der Waals surface area contributed by atoms with E-state index in [1.807, 2.05) is 42.2 Å². The Kier molecular flexibility index (Phi) is 4.66. The summed E-state index contributed by atoms with van der Waals surface area (Å²) in [6, 6.07) is 10.0. The molecule has 5 heteroatoms. The predicted octanol–water partition coefficient (Wildman–Crippen LogP) is 1.84. The molecule has 0 bridgehead atoms. The second-order valence-corrected chi connectivity index (χ2v) is 6.59. The van der Waals surface area contributed by atoms with Crippen molar-refractivity contribution in [3.05, 3.63) is 35.9 Å². The van der Waals surface area contributed by atoms with Crippen molar-refractivity contribution < 1.29 is 14.3 Å². The van der Waals surface area contributed by atoms with Crippen LogP contribution in [0.5, 0.6) is 0 Å². The van der Waals surface area contributed by atoms with Crippen LogP contribution in [0.1, 0.15) is 31.4 Å². The predicted molar refractivity (Wildman–Crippen MR) is 86.7 cm³/mol. The number of hydrogen-bond donors (Lipinski definition) is 0. The average Bonchev–Trinajstić information content (AvgIpc) is 2.57. The Labute approximate surface area is 137 Å². The molecule has 0 aromatic heterocycles. The van der Waals surface area contributed by atoms with Gasteiger partial charge in [0.15, 0.2) is 0 Å². The fraction of sp³-hybridized carbons (Fsp3) is 0.556. The smallest absolute Gasteiger partial charge is 0.226 e. The number of morpholine rings is 1. The minimum atomic E-state index is -0.180. The zero-order chi connectivity index (χ0) is 16.4. The normalized spacial score (nSPS) is 28.8. The zero-order valence-electron chi connectivity index (χ0n) is 13.8. The molecule has 0 N–H and O–H groups in total. The Hall–Kier alpha value is -1.88.